The van der Waals surface area contributed by atoms with Crippen molar-refractivity contribution >= 4 is 28.8 Å². The predicted molar refractivity (Wildman–Crippen MR) is 137 cm³/mol. The topological polar surface area (TPSA) is 123 Å². The first-order valence-electron chi connectivity index (χ1n) is 11.3. The van der Waals surface area contributed by atoms with Crippen molar-refractivity contribution < 1.29 is 19.0 Å². The Kier molecular flexibility index (Phi) is 7.76. The molecule has 0 unspecified atom stereocenters. The number of ether oxygens (including phenoxy) is 3. The van der Waals surface area contributed by atoms with Crippen LogP contribution in [0.5, 0.6) is 5.75 Å². The fraction of sp³-hybridized carbons (Fsp3) is 0.231. The summed E-state index contributed by atoms with van der Waals surface area (Å²) in [7, 11) is 3.03. The van der Waals surface area contributed by atoms with Crippen LogP contribution in [-0.2, 0) is 16.0 Å². The van der Waals surface area contributed by atoms with Crippen molar-refractivity contribution in [3.05, 3.63) is 83.6 Å². The summed E-state index contributed by atoms with van der Waals surface area (Å²) in [6.07, 6.45) is 5.02. The molecule has 3 aromatic heterocycles. The Bertz CT molecular complexity index is 1370. The summed E-state index contributed by atoms with van der Waals surface area (Å²) in [6.45, 7) is 3.32. The van der Waals surface area contributed by atoms with Gasteiger partial charge in [-0.3, -0.25) is 19.6 Å². The summed E-state index contributed by atoms with van der Waals surface area (Å²) >= 11 is 0. The minimum Gasteiger partial charge on any atom is -0.491 e. The van der Waals surface area contributed by atoms with Crippen LogP contribution in [0.4, 0.5) is 11.4 Å². The number of nitrogens with one attached hydrogen (secondary N) is 3. The molecular weight excluding hydrogens is 460 g/mol. The van der Waals surface area contributed by atoms with Crippen LogP contribution >= 0.6 is 0 Å². The number of anilines is 2. The highest BCUT2D eigenvalue weighted by Crippen LogP contribution is 2.27. The number of aryl methyl sites for hydroxylation is 1. The molecule has 1 amide bonds. The SMILES string of the molecule is COCCOc1ccn2c(C(=O)Nc3cccc(NCc4ccc(C)nc4)c3C(=N)OC)cnc2c1. The predicted octanol–water partition coefficient (Wildman–Crippen LogP) is 3.90. The van der Waals surface area contributed by atoms with E-state index in [2.05, 4.69) is 20.6 Å². The molecule has 0 spiro atoms. The van der Waals surface area contributed by atoms with E-state index in [0.717, 1.165) is 11.3 Å². The highest BCUT2D eigenvalue weighted by Gasteiger charge is 2.19. The van der Waals surface area contributed by atoms with Gasteiger partial charge < -0.3 is 24.8 Å². The third-order valence-electron chi connectivity index (χ3n) is 5.47. The quantitative estimate of drug-likeness (QED) is 0.176. The smallest absolute Gasteiger partial charge is 0.274 e. The molecule has 0 saturated carbocycles. The maximum atomic E-state index is 13.2. The van der Waals surface area contributed by atoms with Crippen LogP contribution < -0.4 is 15.4 Å². The molecule has 4 aromatic rings. The molecule has 0 fully saturated rings. The Labute approximate surface area is 208 Å². The van der Waals surface area contributed by atoms with Gasteiger partial charge in [0.2, 0.25) is 5.90 Å². The van der Waals surface area contributed by atoms with Crippen LogP contribution in [0.3, 0.4) is 0 Å². The number of fused-ring (bicyclic) bond motifs is 1. The molecule has 10 heteroatoms. The molecule has 0 bridgehead atoms. The zero-order valence-electron chi connectivity index (χ0n) is 20.4. The Morgan fingerprint density at radius 1 is 1.06 bits per heavy atom. The number of aromatic nitrogens is 3. The number of hydrogen-bond acceptors (Lipinski definition) is 8. The van der Waals surface area contributed by atoms with Gasteiger partial charge in [0.05, 0.1) is 31.2 Å². The van der Waals surface area contributed by atoms with Crippen molar-refractivity contribution in [3.63, 3.8) is 0 Å². The van der Waals surface area contributed by atoms with Crippen LogP contribution in [0.25, 0.3) is 5.65 Å². The fourth-order valence-electron chi connectivity index (χ4n) is 3.60. The molecule has 3 N–H and O–H groups in total. The molecule has 4 rings (SSSR count). The summed E-state index contributed by atoms with van der Waals surface area (Å²) in [4.78, 5) is 21.9. The minimum absolute atomic E-state index is 0.0774. The Hall–Kier alpha value is -4.44. The van der Waals surface area contributed by atoms with Gasteiger partial charge in [-0.1, -0.05) is 12.1 Å². The number of pyridine rings is 2. The van der Waals surface area contributed by atoms with E-state index in [1.54, 1.807) is 48.2 Å². The van der Waals surface area contributed by atoms with Crippen molar-refractivity contribution in [2.75, 3.05) is 38.1 Å². The van der Waals surface area contributed by atoms with Crippen molar-refractivity contribution in [2.24, 2.45) is 0 Å². The van der Waals surface area contributed by atoms with E-state index in [0.29, 0.717) is 53.8 Å². The molecule has 1 aromatic carbocycles. The molecule has 0 radical (unpaired) electrons. The lowest BCUT2D eigenvalue weighted by Crippen LogP contribution is -2.18. The van der Waals surface area contributed by atoms with E-state index in [1.165, 1.54) is 13.3 Å². The molecule has 0 atom stereocenters. The lowest BCUT2D eigenvalue weighted by atomic mass is 10.1. The lowest BCUT2D eigenvalue weighted by molar-refractivity contribution is 0.102. The number of carbonyl (C=O) groups excluding carboxylic acids is 1. The second-order valence-electron chi connectivity index (χ2n) is 7.95. The number of nitrogens with zero attached hydrogens (tertiary/aromatic N) is 3. The zero-order valence-corrected chi connectivity index (χ0v) is 20.4. The molecule has 3 heterocycles. The summed E-state index contributed by atoms with van der Waals surface area (Å²) < 4.78 is 17.5. The van der Waals surface area contributed by atoms with Crippen LogP contribution in [0.15, 0.2) is 61.1 Å². The van der Waals surface area contributed by atoms with Crippen molar-refractivity contribution in [2.45, 2.75) is 13.5 Å². The lowest BCUT2D eigenvalue weighted by Gasteiger charge is -2.17. The third kappa shape index (κ3) is 5.61. The van der Waals surface area contributed by atoms with Crippen LogP contribution in [0.2, 0.25) is 0 Å². The molecule has 36 heavy (non-hydrogen) atoms. The first kappa shape index (κ1) is 24.7. The van der Waals surface area contributed by atoms with E-state index >= 15 is 0 Å². The van der Waals surface area contributed by atoms with Gasteiger partial charge in [-0.25, -0.2) is 4.98 Å². The molecular formula is C26H28N6O4. The van der Waals surface area contributed by atoms with Gasteiger partial charge in [0, 0.05) is 43.5 Å². The number of rotatable bonds is 10. The third-order valence-corrected chi connectivity index (χ3v) is 5.47. The average molecular weight is 489 g/mol. The number of hydrogen-bond donors (Lipinski definition) is 3. The summed E-state index contributed by atoms with van der Waals surface area (Å²) in [5, 5.41) is 14.6. The largest absolute Gasteiger partial charge is 0.491 e. The summed E-state index contributed by atoms with van der Waals surface area (Å²) in [6, 6.07) is 12.8. The number of imidazole rings is 1. The van der Waals surface area contributed by atoms with E-state index in [4.69, 9.17) is 19.6 Å². The van der Waals surface area contributed by atoms with Crippen molar-refractivity contribution in [1.82, 2.24) is 14.4 Å². The zero-order chi connectivity index (χ0) is 25.5. The minimum atomic E-state index is -0.374. The van der Waals surface area contributed by atoms with Gasteiger partial charge >= 0.3 is 0 Å². The van der Waals surface area contributed by atoms with Gasteiger partial charge in [-0.15, -0.1) is 0 Å². The number of amides is 1. The maximum absolute atomic E-state index is 13.2. The first-order valence-corrected chi connectivity index (χ1v) is 11.3. The number of carbonyl (C=O) groups is 1. The monoisotopic (exact) mass is 488 g/mol. The Balaban J connectivity index is 1.56. The van der Waals surface area contributed by atoms with E-state index in [-0.39, 0.29) is 11.8 Å². The standard InChI is InChI=1S/C26H28N6O4/c1-17-7-8-18(14-28-17)15-29-20-5-4-6-21(24(20)25(27)35-3)31-26(33)22-16-30-23-13-19(9-10-32(22)23)36-12-11-34-2/h4-10,13-14,16,27,29H,11-12,15H2,1-3H3,(H,31,33). The summed E-state index contributed by atoms with van der Waals surface area (Å²) in [5.41, 5.74) is 4.36. The second kappa shape index (κ2) is 11.3. The van der Waals surface area contributed by atoms with E-state index < -0.39 is 0 Å². The first-order chi connectivity index (χ1) is 17.5. The van der Waals surface area contributed by atoms with Gasteiger partial charge in [-0.2, -0.15) is 0 Å². The highest BCUT2D eigenvalue weighted by molar-refractivity contribution is 6.10. The molecule has 0 aliphatic carbocycles. The maximum Gasteiger partial charge on any atom is 0.274 e. The molecule has 10 nitrogen and oxygen atoms in total. The fourth-order valence-corrected chi connectivity index (χ4v) is 3.60. The normalized spacial score (nSPS) is 10.8. The molecule has 0 aliphatic heterocycles. The number of methoxy groups -OCH3 is 2. The van der Waals surface area contributed by atoms with Crippen LogP contribution in [-0.4, -0.2) is 53.6 Å². The van der Waals surface area contributed by atoms with Gasteiger partial charge in [0.25, 0.3) is 5.91 Å². The molecule has 0 saturated heterocycles. The average Bonchev–Trinajstić information content (AvgIpc) is 3.31. The van der Waals surface area contributed by atoms with Crippen molar-refractivity contribution in [3.8, 4) is 5.75 Å². The van der Waals surface area contributed by atoms with Gasteiger partial charge in [0.15, 0.2) is 0 Å². The van der Waals surface area contributed by atoms with Crippen LogP contribution in [0, 0.1) is 12.3 Å². The van der Waals surface area contributed by atoms with E-state index in [1.807, 2.05) is 25.1 Å². The van der Waals surface area contributed by atoms with Crippen LogP contribution in [0.1, 0.15) is 27.3 Å². The summed E-state index contributed by atoms with van der Waals surface area (Å²) in [5.74, 6) is 0.183. The number of benzene rings is 1. The Morgan fingerprint density at radius 3 is 2.64 bits per heavy atom. The second-order valence-corrected chi connectivity index (χ2v) is 7.95. The highest BCUT2D eigenvalue weighted by atomic mass is 16.5. The van der Waals surface area contributed by atoms with Crippen molar-refractivity contribution in [1.29, 1.82) is 5.41 Å². The van der Waals surface area contributed by atoms with Gasteiger partial charge in [0.1, 0.15) is 23.7 Å². The van der Waals surface area contributed by atoms with Gasteiger partial charge in [-0.05, 0) is 36.8 Å². The Morgan fingerprint density at radius 2 is 1.89 bits per heavy atom. The molecule has 0 aliphatic rings. The van der Waals surface area contributed by atoms with E-state index in [9.17, 15) is 4.79 Å². The molecule has 186 valence electrons.